The van der Waals surface area contributed by atoms with Crippen molar-refractivity contribution in [1.29, 1.82) is 0 Å². The first-order valence-electron chi connectivity index (χ1n) is 12.7. The van der Waals surface area contributed by atoms with Gasteiger partial charge in [0.05, 0.1) is 5.56 Å². The third-order valence-corrected chi connectivity index (χ3v) is 7.83. The van der Waals surface area contributed by atoms with Gasteiger partial charge in [-0.25, -0.2) is 9.97 Å². The predicted molar refractivity (Wildman–Crippen MR) is 133 cm³/mol. The van der Waals surface area contributed by atoms with Gasteiger partial charge in [0.1, 0.15) is 6.61 Å². The number of nitrogens with one attached hydrogen (secondary N) is 1. The Bertz CT molecular complexity index is 1180. The van der Waals surface area contributed by atoms with E-state index in [2.05, 4.69) is 62.3 Å². The largest absolute Gasteiger partial charge is 0.353 e. The lowest BCUT2D eigenvalue weighted by atomic mass is 10.1. The number of benzene rings is 1. The van der Waals surface area contributed by atoms with Gasteiger partial charge in [0.2, 0.25) is 5.95 Å². The number of ketones is 1. The van der Waals surface area contributed by atoms with Gasteiger partial charge in [0.15, 0.2) is 12.1 Å². The van der Waals surface area contributed by atoms with Gasteiger partial charge < -0.3 is 24.3 Å². The number of piperidine rings is 1. The molecule has 184 valence electrons. The standard InChI is InChI=1S/C27H33N5O3/c1-31-14-19(20-6-2-3-7-24(20)31)10-28-13-21-22-15-32(16-23(21)22)27-29-11-18(12-30-27)25(33)17-35-26-8-4-5-9-34-26/h2-3,6-7,11-12,14,21-23,26,28H,4-5,8-10,13,15-17H2,1H3. The molecule has 1 aliphatic carbocycles. The van der Waals surface area contributed by atoms with E-state index in [-0.39, 0.29) is 18.7 Å². The van der Waals surface area contributed by atoms with Crippen molar-refractivity contribution < 1.29 is 14.3 Å². The number of anilines is 1. The fraction of sp³-hybridized carbons (Fsp3) is 0.519. The SMILES string of the molecule is Cn1cc(CNCC2C3CN(c4ncc(C(=O)COC5CCCCO5)cn4)CC23)c2ccccc21. The summed E-state index contributed by atoms with van der Waals surface area (Å²) in [6.07, 6.45) is 8.21. The number of aromatic nitrogens is 3. The van der Waals surface area contributed by atoms with Gasteiger partial charge in [0, 0.05) is 62.8 Å². The Labute approximate surface area is 205 Å². The highest BCUT2D eigenvalue weighted by molar-refractivity contribution is 5.96. The maximum absolute atomic E-state index is 12.4. The number of para-hydroxylation sites is 1. The molecule has 6 rings (SSSR count). The third kappa shape index (κ3) is 4.70. The number of aryl methyl sites for hydroxylation is 1. The molecular formula is C27H33N5O3. The molecule has 0 bridgehead atoms. The molecule has 0 radical (unpaired) electrons. The van der Waals surface area contributed by atoms with Gasteiger partial charge in [-0.1, -0.05) is 18.2 Å². The van der Waals surface area contributed by atoms with E-state index in [1.165, 1.54) is 16.5 Å². The van der Waals surface area contributed by atoms with E-state index in [9.17, 15) is 4.79 Å². The Morgan fingerprint density at radius 3 is 2.74 bits per heavy atom. The van der Waals surface area contributed by atoms with Crippen LogP contribution < -0.4 is 10.2 Å². The monoisotopic (exact) mass is 475 g/mol. The lowest BCUT2D eigenvalue weighted by Gasteiger charge is -2.22. The third-order valence-electron chi connectivity index (χ3n) is 7.83. The van der Waals surface area contributed by atoms with Crippen molar-refractivity contribution in [1.82, 2.24) is 19.9 Å². The van der Waals surface area contributed by atoms with E-state index in [1.54, 1.807) is 12.4 Å². The van der Waals surface area contributed by atoms with Crippen LogP contribution in [0.15, 0.2) is 42.9 Å². The fourth-order valence-electron chi connectivity index (χ4n) is 5.78. The number of Topliss-reactive ketones (excluding diaryl/α,β-unsaturated/α-hetero) is 1. The van der Waals surface area contributed by atoms with Crippen molar-refractivity contribution in [3.8, 4) is 0 Å². The summed E-state index contributed by atoms with van der Waals surface area (Å²) in [7, 11) is 2.11. The number of ether oxygens (including phenoxy) is 2. The van der Waals surface area contributed by atoms with Crippen molar-refractivity contribution in [2.45, 2.75) is 32.1 Å². The second-order valence-corrected chi connectivity index (χ2v) is 10.1. The van der Waals surface area contributed by atoms with Crippen LogP contribution in [0.3, 0.4) is 0 Å². The van der Waals surface area contributed by atoms with Crippen LogP contribution in [0, 0.1) is 17.8 Å². The Balaban J connectivity index is 0.954. The van der Waals surface area contributed by atoms with Crippen molar-refractivity contribution in [3.05, 3.63) is 54.0 Å². The van der Waals surface area contributed by atoms with Gasteiger partial charge in [-0.2, -0.15) is 0 Å². The van der Waals surface area contributed by atoms with Crippen molar-refractivity contribution >= 4 is 22.6 Å². The molecule has 1 aromatic carbocycles. The summed E-state index contributed by atoms with van der Waals surface area (Å²) in [5, 5.41) is 5.02. The average Bonchev–Trinajstić information content (AvgIpc) is 3.21. The molecule has 35 heavy (non-hydrogen) atoms. The fourth-order valence-corrected chi connectivity index (χ4v) is 5.78. The van der Waals surface area contributed by atoms with E-state index in [0.717, 1.165) is 51.4 Å². The van der Waals surface area contributed by atoms with Crippen LogP contribution in [0.25, 0.3) is 10.9 Å². The summed E-state index contributed by atoms with van der Waals surface area (Å²) >= 11 is 0. The summed E-state index contributed by atoms with van der Waals surface area (Å²) in [6.45, 7) is 4.63. The minimum atomic E-state index is -0.265. The van der Waals surface area contributed by atoms with E-state index in [1.807, 2.05) is 0 Å². The first-order chi connectivity index (χ1) is 17.2. The molecule has 1 N–H and O–H groups in total. The van der Waals surface area contributed by atoms with Gasteiger partial charge in [0.25, 0.3) is 0 Å². The number of carbonyl (C=O) groups excluding carboxylic acids is 1. The van der Waals surface area contributed by atoms with Crippen LogP contribution in [-0.2, 0) is 23.1 Å². The number of nitrogens with zero attached hydrogens (tertiary/aromatic N) is 4. The van der Waals surface area contributed by atoms with Crippen LogP contribution in [0.1, 0.15) is 35.2 Å². The molecule has 3 atom stereocenters. The first-order valence-corrected chi connectivity index (χ1v) is 12.7. The van der Waals surface area contributed by atoms with Crippen molar-refractivity contribution in [2.24, 2.45) is 24.8 Å². The minimum Gasteiger partial charge on any atom is -0.353 e. The van der Waals surface area contributed by atoms with Crippen LogP contribution in [0.4, 0.5) is 5.95 Å². The highest BCUT2D eigenvalue weighted by Gasteiger charge is 2.55. The van der Waals surface area contributed by atoms with Crippen molar-refractivity contribution in [2.75, 3.05) is 37.7 Å². The zero-order chi connectivity index (χ0) is 23.8. The minimum absolute atomic E-state index is 0.00862. The number of carbonyl (C=O) groups is 1. The van der Waals surface area contributed by atoms with Crippen molar-refractivity contribution in [3.63, 3.8) is 0 Å². The smallest absolute Gasteiger partial charge is 0.225 e. The number of hydrogen-bond donors (Lipinski definition) is 1. The molecular weight excluding hydrogens is 442 g/mol. The molecule has 2 aromatic heterocycles. The Morgan fingerprint density at radius 1 is 1.17 bits per heavy atom. The second-order valence-electron chi connectivity index (χ2n) is 10.1. The normalized spacial score (nSPS) is 25.7. The highest BCUT2D eigenvalue weighted by Crippen LogP contribution is 2.51. The topological polar surface area (TPSA) is 81.5 Å². The molecule has 4 heterocycles. The first kappa shape index (κ1) is 22.6. The van der Waals surface area contributed by atoms with E-state index in [0.29, 0.717) is 30.0 Å². The molecule has 3 fully saturated rings. The molecule has 3 aliphatic rings. The van der Waals surface area contributed by atoms with Gasteiger partial charge in [-0.15, -0.1) is 0 Å². The number of rotatable bonds is 9. The lowest BCUT2D eigenvalue weighted by Crippen LogP contribution is -2.29. The maximum atomic E-state index is 12.4. The van der Waals surface area contributed by atoms with Crippen LogP contribution in [0.5, 0.6) is 0 Å². The zero-order valence-corrected chi connectivity index (χ0v) is 20.2. The number of fused-ring (bicyclic) bond motifs is 2. The van der Waals surface area contributed by atoms with E-state index in [4.69, 9.17) is 9.47 Å². The molecule has 3 unspecified atom stereocenters. The molecule has 2 aliphatic heterocycles. The number of hydrogen-bond acceptors (Lipinski definition) is 7. The molecule has 2 saturated heterocycles. The Hall–Kier alpha value is -2.81. The quantitative estimate of drug-likeness (QED) is 0.476. The molecule has 8 heteroatoms. The molecule has 0 amide bonds. The Morgan fingerprint density at radius 2 is 1.97 bits per heavy atom. The maximum Gasteiger partial charge on any atom is 0.225 e. The predicted octanol–water partition coefficient (Wildman–Crippen LogP) is 3.17. The summed E-state index contributed by atoms with van der Waals surface area (Å²) in [5.41, 5.74) is 3.13. The van der Waals surface area contributed by atoms with Gasteiger partial charge >= 0.3 is 0 Å². The Kier molecular flexibility index (Phi) is 6.26. The molecule has 8 nitrogen and oxygen atoms in total. The van der Waals surface area contributed by atoms with E-state index < -0.39 is 0 Å². The van der Waals surface area contributed by atoms with Crippen LogP contribution in [0.2, 0.25) is 0 Å². The molecule has 1 saturated carbocycles. The summed E-state index contributed by atoms with van der Waals surface area (Å²) in [4.78, 5) is 23.6. The highest BCUT2D eigenvalue weighted by atomic mass is 16.7. The molecule has 0 spiro atoms. The second kappa shape index (κ2) is 9.68. The molecule has 3 aromatic rings. The summed E-state index contributed by atoms with van der Waals surface area (Å²) in [6, 6.07) is 8.57. The summed E-state index contributed by atoms with van der Waals surface area (Å²) in [5.74, 6) is 2.73. The summed E-state index contributed by atoms with van der Waals surface area (Å²) < 4.78 is 13.3. The zero-order valence-electron chi connectivity index (χ0n) is 20.2. The van der Waals surface area contributed by atoms with E-state index >= 15 is 0 Å². The lowest BCUT2D eigenvalue weighted by molar-refractivity contribution is -0.155. The van der Waals surface area contributed by atoms with Gasteiger partial charge in [-0.05, 0) is 55.2 Å². The average molecular weight is 476 g/mol. The van der Waals surface area contributed by atoms with Crippen LogP contribution >= 0.6 is 0 Å². The van der Waals surface area contributed by atoms with Crippen LogP contribution in [-0.4, -0.2) is 59.5 Å². The van der Waals surface area contributed by atoms with Gasteiger partial charge in [-0.3, -0.25) is 4.79 Å².